The summed E-state index contributed by atoms with van der Waals surface area (Å²) in [5.74, 6) is 0.256. The first kappa shape index (κ1) is 19.3. The Morgan fingerprint density at radius 2 is 1.93 bits per heavy atom. The molecule has 0 spiro atoms. The predicted molar refractivity (Wildman–Crippen MR) is 99.4 cm³/mol. The molecule has 0 aliphatic heterocycles. The van der Waals surface area contributed by atoms with E-state index in [2.05, 4.69) is 4.98 Å². The maximum atomic E-state index is 13.4. The first-order valence-electron chi connectivity index (χ1n) is 8.35. The van der Waals surface area contributed by atoms with E-state index in [1.54, 1.807) is 36.4 Å². The number of hydrogen-bond acceptors (Lipinski definition) is 5. The molecule has 1 heterocycles. The Morgan fingerprint density at radius 3 is 2.64 bits per heavy atom. The summed E-state index contributed by atoms with van der Waals surface area (Å²) in [4.78, 5) is 16.2. The van der Waals surface area contributed by atoms with Crippen molar-refractivity contribution < 1.29 is 27.8 Å². The van der Waals surface area contributed by atoms with Crippen LogP contribution in [0.3, 0.4) is 0 Å². The van der Waals surface area contributed by atoms with E-state index in [0.717, 1.165) is 4.57 Å². The highest BCUT2D eigenvalue weighted by atomic mass is 19.3. The number of para-hydroxylation sites is 3. The molecule has 0 atom stereocenters. The van der Waals surface area contributed by atoms with E-state index < -0.39 is 12.5 Å². The molecule has 28 heavy (non-hydrogen) atoms. The second-order valence-electron chi connectivity index (χ2n) is 5.69. The van der Waals surface area contributed by atoms with Crippen molar-refractivity contribution in [2.75, 3.05) is 14.2 Å². The highest BCUT2D eigenvalue weighted by Crippen LogP contribution is 2.31. The molecule has 0 radical (unpaired) electrons. The average molecular weight is 388 g/mol. The van der Waals surface area contributed by atoms with Crippen LogP contribution in [0.1, 0.15) is 17.9 Å². The molecule has 0 aliphatic rings. The topological polar surface area (TPSA) is 62.6 Å². The van der Waals surface area contributed by atoms with Gasteiger partial charge in [0.25, 0.3) is 0 Å². The Labute approximate surface area is 160 Å². The lowest BCUT2D eigenvalue weighted by Gasteiger charge is -2.10. The van der Waals surface area contributed by atoms with Crippen molar-refractivity contribution in [3.63, 3.8) is 0 Å². The summed E-state index contributed by atoms with van der Waals surface area (Å²) in [6.45, 7) is -3.17. The molecule has 0 saturated carbocycles. The fourth-order valence-corrected chi connectivity index (χ4v) is 2.80. The minimum absolute atomic E-state index is 0.0306. The van der Waals surface area contributed by atoms with Gasteiger partial charge in [0.05, 0.1) is 25.3 Å². The van der Waals surface area contributed by atoms with Crippen LogP contribution >= 0.6 is 0 Å². The van der Waals surface area contributed by atoms with Crippen LogP contribution in [0, 0.1) is 0 Å². The first-order valence-corrected chi connectivity index (χ1v) is 8.35. The van der Waals surface area contributed by atoms with Crippen LogP contribution in [-0.4, -0.2) is 29.7 Å². The van der Waals surface area contributed by atoms with Crippen molar-refractivity contribution in [1.29, 1.82) is 0 Å². The van der Waals surface area contributed by atoms with E-state index in [1.165, 1.54) is 32.4 Å². The van der Waals surface area contributed by atoms with Gasteiger partial charge in [-0.15, -0.1) is 0 Å². The molecular weight excluding hydrogens is 370 g/mol. The lowest BCUT2D eigenvalue weighted by atomic mass is 10.1. The number of aromatic nitrogens is 2. The van der Waals surface area contributed by atoms with E-state index >= 15 is 0 Å². The van der Waals surface area contributed by atoms with Crippen molar-refractivity contribution >= 4 is 23.1 Å². The molecule has 8 heteroatoms. The number of rotatable bonds is 7. The molecule has 0 saturated heterocycles. The molecule has 0 amide bonds. The van der Waals surface area contributed by atoms with Gasteiger partial charge in [-0.2, -0.15) is 8.78 Å². The molecule has 1 aromatic heterocycles. The Balaban J connectivity index is 1.74. The molecule has 2 aromatic carbocycles. The van der Waals surface area contributed by atoms with E-state index in [0.29, 0.717) is 22.6 Å². The zero-order chi connectivity index (χ0) is 20.1. The smallest absolute Gasteiger partial charge is 0.331 e. The number of carbonyl (C=O) groups excluding carboxylic acids is 1. The van der Waals surface area contributed by atoms with Gasteiger partial charge in [0.1, 0.15) is 6.61 Å². The number of fused-ring (bicyclic) bond motifs is 1. The third-order valence-electron chi connectivity index (χ3n) is 4.04. The number of methoxy groups -OCH3 is 2. The Morgan fingerprint density at radius 1 is 1.14 bits per heavy atom. The standard InChI is InChI=1S/C20H18F2N2O4/c1-26-16-9-5-6-13(19(16)27-2)10-11-18(25)28-12-17-23-14-7-3-4-8-15(14)24(17)20(21)22/h3-11,20H,12H2,1-2H3/b11-10+. The second-order valence-corrected chi connectivity index (χ2v) is 5.69. The maximum Gasteiger partial charge on any atom is 0.331 e. The minimum Gasteiger partial charge on any atom is -0.493 e. The molecule has 0 unspecified atom stereocenters. The maximum absolute atomic E-state index is 13.4. The summed E-state index contributed by atoms with van der Waals surface area (Å²) in [5, 5.41) is 0. The van der Waals surface area contributed by atoms with E-state index in [1.807, 2.05) is 0 Å². The lowest BCUT2D eigenvalue weighted by molar-refractivity contribution is -0.139. The van der Waals surface area contributed by atoms with Gasteiger partial charge >= 0.3 is 12.5 Å². The Hall–Kier alpha value is -3.42. The van der Waals surface area contributed by atoms with Gasteiger partial charge in [-0.05, 0) is 24.3 Å². The summed E-state index contributed by atoms with van der Waals surface area (Å²) in [7, 11) is 3.00. The number of nitrogens with zero attached hydrogens (tertiary/aromatic N) is 2. The third kappa shape index (κ3) is 3.95. The van der Waals surface area contributed by atoms with Crippen LogP contribution in [0.15, 0.2) is 48.5 Å². The zero-order valence-electron chi connectivity index (χ0n) is 15.3. The Kier molecular flexibility index (Phi) is 5.88. The largest absolute Gasteiger partial charge is 0.493 e. The summed E-state index contributed by atoms with van der Waals surface area (Å²) < 4.78 is 43.1. The van der Waals surface area contributed by atoms with Crippen molar-refractivity contribution in [3.8, 4) is 11.5 Å². The number of ether oxygens (including phenoxy) is 3. The highest BCUT2D eigenvalue weighted by Gasteiger charge is 2.18. The second kappa shape index (κ2) is 8.51. The van der Waals surface area contributed by atoms with Crippen molar-refractivity contribution in [1.82, 2.24) is 9.55 Å². The molecule has 0 N–H and O–H groups in total. The van der Waals surface area contributed by atoms with E-state index in [-0.39, 0.29) is 17.9 Å². The van der Waals surface area contributed by atoms with E-state index in [9.17, 15) is 13.6 Å². The van der Waals surface area contributed by atoms with Gasteiger partial charge in [-0.1, -0.05) is 24.3 Å². The summed E-state index contributed by atoms with van der Waals surface area (Å²) in [6, 6.07) is 11.7. The summed E-state index contributed by atoms with van der Waals surface area (Å²) >= 11 is 0. The average Bonchev–Trinajstić information content (AvgIpc) is 3.08. The van der Waals surface area contributed by atoms with Crippen LogP contribution in [-0.2, 0) is 16.1 Å². The molecule has 146 valence electrons. The van der Waals surface area contributed by atoms with Crippen LogP contribution in [0.4, 0.5) is 8.78 Å². The van der Waals surface area contributed by atoms with Crippen LogP contribution in [0.5, 0.6) is 11.5 Å². The summed E-state index contributed by atoms with van der Waals surface area (Å²) in [6.07, 6.45) is 2.69. The SMILES string of the molecule is COc1cccc(/C=C/C(=O)OCc2nc3ccccc3n2C(F)F)c1OC. The molecule has 0 fully saturated rings. The van der Waals surface area contributed by atoms with Crippen LogP contribution < -0.4 is 9.47 Å². The molecule has 6 nitrogen and oxygen atoms in total. The quantitative estimate of drug-likeness (QED) is 0.448. The lowest BCUT2D eigenvalue weighted by Crippen LogP contribution is -2.09. The number of benzene rings is 2. The summed E-state index contributed by atoms with van der Waals surface area (Å²) in [5.41, 5.74) is 1.30. The molecule has 0 bridgehead atoms. The number of halogens is 2. The van der Waals surface area contributed by atoms with Gasteiger partial charge in [-0.25, -0.2) is 9.78 Å². The minimum atomic E-state index is -2.79. The zero-order valence-corrected chi connectivity index (χ0v) is 15.3. The molecular formula is C20H18F2N2O4. The monoisotopic (exact) mass is 388 g/mol. The van der Waals surface area contributed by atoms with Crippen LogP contribution in [0.25, 0.3) is 17.1 Å². The number of esters is 1. The van der Waals surface area contributed by atoms with Crippen molar-refractivity contribution in [2.45, 2.75) is 13.2 Å². The van der Waals surface area contributed by atoms with Crippen molar-refractivity contribution in [2.24, 2.45) is 0 Å². The molecule has 3 aromatic rings. The molecule has 0 aliphatic carbocycles. The number of hydrogen-bond donors (Lipinski definition) is 0. The number of imidazole rings is 1. The van der Waals surface area contributed by atoms with Crippen molar-refractivity contribution in [3.05, 3.63) is 59.9 Å². The van der Waals surface area contributed by atoms with Gasteiger partial charge in [0.2, 0.25) is 0 Å². The first-order chi connectivity index (χ1) is 13.5. The number of carbonyl (C=O) groups is 1. The predicted octanol–water partition coefficient (Wildman–Crippen LogP) is 4.21. The van der Waals surface area contributed by atoms with E-state index in [4.69, 9.17) is 14.2 Å². The van der Waals surface area contributed by atoms with Crippen LogP contribution in [0.2, 0.25) is 0 Å². The normalized spacial score (nSPS) is 11.3. The van der Waals surface area contributed by atoms with Gasteiger partial charge < -0.3 is 14.2 Å². The highest BCUT2D eigenvalue weighted by molar-refractivity contribution is 5.88. The molecule has 3 rings (SSSR count). The fraction of sp³-hybridized carbons (Fsp3) is 0.200. The Bertz CT molecular complexity index is 1010. The fourth-order valence-electron chi connectivity index (χ4n) is 2.80. The third-order valence-corrected chi connectivity index (χ3v) is 4.04. The number of alkyl halides is 2. The van der Waals surface area contributed by atoms with Gasteiger partial charge in [-0.3, -0.25) is 4.57 Å². The van der Waals surface area contributed by atoms with Gasteiger partial charge in [0, 0.05) is 11.6 Å². The van der Waals surface area contributed by atoms with Gasteiger partial charge in [0.15, 0.2) is 17.3 Å².